The number of rotatable bonds is 5. The lowest BCUT2D eigenvalue weighted by Gasteiger charge is -2.12. The van der Waals surface area contributed by atoms with Crippen LogP contribution < -0.4 is 4.18 Å². The van der Waals surface area contributed by atoms with Crippen molar-refractivity contribution < 1.29 is 30.7 Å². The Labute approximate surface area is 141 Å². The van der Waals surface area contributed by atoms with E-state index >= 15 is 0 Å². The number of nitrogens with zero attached hydrogens (tertiary/aromatic N) is 1. The van der Waals surface area contributed by atoms with E-state index in [1.807, 2.05) is 0 Å². The van der Waals surface area contributed by atoms with E-state index in [2.05, 4.69) is 0 Å². The highest BCUT2D eigenvalue weighted by atomic mass is 32.2. The zero-order chi connectivity index (χ0) is 18.8. The van der Waals surface area contributed by atoms with Crippen LogP contribution in [0.15, 0.2) is 47.4 Å². The predicted octanol–water partition coefficient (Wildman–Crippen LogP) is 3.94. The van der Waals surface area contributed by atoms with Crippen LogP contribution in [0.1, 0.15) is 18.1 Å². The van der Waals surface area contributed by atoms with Gasteiger partial charge in [-0.25, -0.2) is 0 Å². The molecule has 0 N–H and O–H groups in total. The maximum atomic E-state index is 12.7. The van der Waals surface area contributed by atoms with Crippen molar-refractivity contribution in [2.75, 3.05) is 0 Å². The second-order valence-corrected chi connectivity index (χ2v) is 6.48. The molecule has 0 heterocycles. The Bertz CT molecular complexity index is 910. The summed E-state index contributed by atoms with van der Waals surface area (Å²) in [6.07, 6.45) is -4.43. The summed E-state index contributed by atoms with van der Waals surface area (Å²) in [6, 6.07) is 6.59. The van der Waals surface area contributed by atoms with Gasteiger partial charge in [-0.15, -0.1) is 0 Å². The van der Waals surface area contributed by atoms with Gasteiger partial charge in [-0.3, -0.25) is 10.1 Å². The molecule has 0 bridgehead atoms. The molecule has 0 amide bonds. The number of nitro groups is 1. The van der Waals surface area contributed by atoms with Crippen molar-refractivity contribution in [3.63, 3.8) is 0 Å². The molecule has 0 saturated heterocycles. The van der Waals surface area contributed by atoms with Gasteiger partial charge in [0.05, 0.1) is 10.5 Å². The molecule has 2 rings (SSSR count). The summed E-state index contributed by atoms with van der Waals surface area (Å²) in [4.78, 5) is 9.61. The van der Waals surface area contributed by atoms with Crippen LogP contribution in [0.5, 0.6) is 5.75 Å². The second kappa shape index (κ2) is 6.71. The number of hydrogen-bond donors (Lipinski definition) is 0. The molecular formula is C15H12F3NO5S. The lowest BCUT2D eigenvalue weighted by atomic mass is 10.1. The van der Waals surface area contributed by atoms with Crippen LogP contribution in [0.25, 0.3) is 0 Å². The van der Waals surface area contributed by atoms with Crippen LogP contribution in [0.3, 0.4) is 0 Å². The van der Waals surface area contributed by atoms with Gasteiger partial charge in [0.2, 0.25) is 0 Å². The molecule has 0 unspecified atom stereocenters. The van der Waals surface area contributed by atoms with Crippen molar-refractivity contribution in [2.24, 2.45) is 0 Å². The Hall–Kier alpha value is -2.62. The number of non-ortho nitro benzene ring substituents is 1. The van der Waals surface area contributed by atoms with Gasteiger partial charge in [-0.2, -0.15) is 21.6 Å². The summed E-state index contributed by atoms with van der Waals surface area (Å²) in [5, 5.41) is 10.8. The van der Waals surface area contributed by atoms with Gasteiger partial charge < -0.3 is 4.18 Å². The summed E-state index contributed by atoms with van der Waals surface area (Å²) in [5.41, 5.74) is -1.30. The molecule has 0 spiro atoms. The van der Waals surface area contributed by atoms with Gasteiger partial charge in [0.15, 0.2) is 0 Å². The quantitative estimate of drug-likeness (QED) is 0.449. The first-order chi connectivity index (χ1) is 11.5. The van der Waals surface area contributed by atoms with Crippen molar-refractivity contribution in [1.29, 1.82) is 0 Å². The van der Waals surface area contributed by atoms with E-state index in [1.165, 1.54) is 6.07 Å². The van der Waals surface area contributed by atoms with Crippen LogP contribution in [-0.4, -0.2) is 13.3 Å². The molecule has 0 aliphatic carbocycles. The van der Waals surface area contributed by atoms with Crippen LogP contribution >= 0.6 is 0 Å². The summed E-state index contributed by atoms with van der Waals surface area (Å²) in [6.45, 7) is 1.63. The zero-order valence-corrected chi connectivity index (χ0v) is 13.6. The molecule has 0 aliphatic heterocycles. The van der Waals surface area contributed by atoms with Crippen LogP contribution in [-0.2, 0) is 22.7 Å². The standard InChI is InChI=1S/C15H12F3NO5S/c1-2-10-6-7-12(19(20)21)9-14(10)25(22,23)24-13-5-3-4-11(8-13)15(16,17)18/h3-9H,2H2,1H3. The average Bonchev–Trinajstić information content (AvgIpc) is 2.53. The van der Waals surface area contributed by atoms with E-state index in [9.17, 15) is 31.7 Å². The number of nitro benzene ring substituents is 1. The molecule has 10 heteroatoms. The fourth-order valence-electron chi connectivity index (χ4n) is 2.08. The zero-order valence-electron chi connectivity index (χ0n) is 12.8. The Kier molecular flexibility index (Phi) is 5.02. The molecule has 134 valence electrons. The van der Waals surface area contributed by atoms with Crippen LogP contribution in [0.4, 0.5) is 18.9 Å². The van der Waals surface area contributed by atoms with E-state index in [0.717, 1.165) is 30.3 Å². The predicted molar refractivity (Wildman–Crippen MR) is 81.7 cm³/mol. The molecule has 0 aliphatic rings. The fraction of sp³-hybridized carbons (Fsp3) is 0.200. The van der Waals surface area contributed by atoms with Gasteiger partial charge >= 0.3 is 16.3 Å². The molecule has 2 aromatic carbocycles. The Morgan fingerprint density at radius 3 is 2.40 bits per heavy atom. The van der Waals surface area contributed by atoms with Crippen molar-refractivity contribution in [2.45, 2.75) is 24.4 Å². The average molecular weight is 375 g/mol. The third kappa shape index (κ3) is 4.27. The Balaban J connectivity index is 2.46. The van der Waals surface area contributed by atoms with Crippen molar-refractivity contribution in [3.05, 3.63) is 63.7 Å². The van der Waals surface area contributed by atoms with Crippen LogP contribution in [0.2, 0.25) is 0 Å². The fourth-order valence-corrected chi connectivity index (χ4v) is 3.32. The second-order valence-electron chi connectivity index (χ2n) is 4.97. The van der Waals surface area contributed by atoms with Crippen molar-refractivity contribution in [1.82, 2.24) is 0 Å². The van der Waals surface area contributed by atoms with Gasteiger partial charge in [0.1, 0.15) is 10.6 Å². The summed E-state index contributed by atoms with van der Waals surface area (Å²) in [5.74, 6) is -0.539. The van der Waals surface area contributed by atoms with E-state index in [1.54, 1.807) is 6.92 Å². The first-order valence-corrected chi connectivity index (χ1v) is 8.34. The van der Waals surface area contributed by atoms with Crippen molar-refractivity contribution in [3.8, 4) is 5.75 Å². The highest BCUT2D eigenvalue weighted by Crippen LogP contribution is 2.32. The van der Waals surface area contributed by atoms with E-state index in [4.69, 9.17) is 4.18 Å². The molecule has 0 radical (unpaired) electrons. The lowest BCUT2D eigenvalue weighted by molar-refractivity contribution is -0.385. The molecule has 0 saturated carbocycles. The van der Waals surface area contributed by atoms with E-state index < -0.39 is 43.1 Å². The Morgan fingerprint density at radius 2 is 1.84 bits per heavy atom. The first kappa shape index (κ1) is 18.7. The largest absolute Gasteiger partial charge is 0.416 e. The smallest absolute Gasteiger partial charge is 0.379 e. The number of halogens is 3. The SMILES string of the molecule is CCc1ccc([N+](=O)[O-])cc1S(=O)(=O)Oc1cccc(C(F)(F)F)c1. The molecule has 0 aromatic heterocycles. The monoisotopic (exact) mass is 375 g/mol. The molecule has 0 atom stereocenters. The normalized spacial score (nSPS) is 12.0. The highest BCUT2D eigenvalue weighted by molar-refractivity contribution is 7.87. The molecule has 25 heavy (non-hydrogen) atoms. The number of aryl methyl sites for hydroxylation is 1. The molecular weight excluding hydrogens is 363 g/mol. The molecule has 6 nitrogen and oxygen atoms in total. The lowest BCUT2D eigenvalue weighted by Crippen LogP contribution is -2.13. The number of hydrogen-bond acceptors (Lipinski definition) is 5. The molecule has 0 fully saturated rings. The minimum Gasteiger partial charge on any atom is -0.379 e. The third-order valence-corrected chi connectivity index (χ3v) is 4.61. The van der Waals surface area contributed by atoms with Gasteiger partial charge in [0, 0.05) is 12.1 Å². The third-order valence-electron chi connectivity index (χ3n) is 3.28. The number of alkyl halides is 3. The van der Waals surface area contributed by atoms with Gasteiger partial charge in [-0.1, -0.05) is 19.1 Å². The maximum absolute atomic E-state index is 12.7. The van der Waals surface area contributed by atoms with Gasteiger partial charge in [0.25, 0.3) is 5.69 Å². The topological polar surface area (TPSA) is 86.5 Å². The summed E-state index contributed by atoms with van der Waals surface area (Å²) in [7, 11) is -4.55. The van der Waals surface area contributed by atoms with Crippen molar-refractivity contribution >= 4 is 15.8 Å². The summed E-state index contributed by atoms with van der Waals surface area (Å²) < 4.78 is 67.6. The Morgan fingerprint density at radius 1 is 1.16 bits per heavy atom. The highest BCUT2D eigenvalue weighted by Gasteiger charge is 2.31. The minimum atomic E-state index is -4.66. The molecule has 2 aromatic rings. The van der Waals surface area contributed by atoms with E-state index in [-0.39, 0.29) is 12.0 Å². The summed E-state index contributed by atoms with van der Waals surface area (Å²) >= 11 is 0. The number of benzene rings is 2. The van der Waals surface area contributed by atoms with Crippen LogP contribution in [0, 0.1) is 10.1 Å². The minimum absolute atomic E-state index is 0.235. The van der Waals surface area contributed by atoms with Gasteiger partial charge in [-0.05, 0) is 30.2 Å². The first-order valence-electron chi connectivity index (χ1n) is 6.93. The maximum Gasteiger partial charge on any atom is 0.416 e. The van der Waals surface area contributed by atoms with E-state index in [0.29, 0.717) is 6.07 Å².